The molecule has 1 saturated heterocycles. The maximum Gasteiger partial charge on any atom is 0.255 e. The van der Waals surface area contributed by atoms with Gasteiger partial charge in [0.25, 0.3) is 5.91 Å². The van der Waals surface area contributed by atoms with Crippen LogP contribution in [0, 0.1) is 0 Å². The van der Waals surface area contributed by atoms with Crippen molar-refractivity contribution in [2.45, 2.75) is 19.4 Å². The fraction of sp³-hybridized carbons (Fsp3) is 0.294. The quantitative estimate of drug-likeness (QED) is 0.937. The van der Waals surface area contributed by atoms with Gasteiger partial charge in [-0.25, -0.2) is 0 Å². The van der Waals surface area contributed by atoms with E-state index in [0.717, 1.165) is 6.54 Å². The molecular formula is C17H19N3O. The lowest BCUT2D eigenvalue weighted by Crippen LogP contribution is -2.18. The van der Waals surface area contributed by atoms with Crippen LogP contribution in [0.3, 0.4) is 0 Å². The first-order valence-electron chi connectivity index (χ1n) is 7.34. The minimum Gasteiger partial charge on any atom is -0.321 e. The Morgan fingerprint density at radius 3 is 2.57 bits per heavy atom. The lowest BCUT2D eigenvalue weighted by atomic mass is 10.1. The van der Waals surface area contributed by atoms with Crippen molar-refractivity contribution in [2.75, 3.05) is 18.4 Å². The van der Waals surface area contributed by atoms with Gasteiger partial charge in [-0.2, -0.15) is 0 Å². The number of hydrogen-bond donors (Lipinski definition) is 1. The van der Waals surface area contributed by atoms with Gasteiger partial charge in [-0.1, -0.05) is 12.1 Å². The minimum atomic E-state index is -0.101. The second kappa shape index (κ2) is 6.50. The molecule has 0 spiro atoms. The monoisotopic (exact) mass is 281 g/mol. The molecule has 4 heteroatoms. The van der Waals surface area contributed by atoms with Crippen molar-refractivity contribution in [3.8, 4) is 0 Å². The van der Waals surface area contributed by atoms with Gasteiger partial charge in [-0.05, 0) is 55.8 Å². The molecule has 1 fully saturated rings. The Bertz CT molecular complexity index is 589. The fourth-order valence-corrected chi connectivity index (χ4v) is 2.60. The number of aromatic nitrogens is 1. The van der Waals surface area contributed by atoms with Crippen LogP contribution < -0.4 is 5.32 Å². The Hall–Kier alpha value is -2.20. The molecule has 0 unspecified atom stereocenters. The third-order valence-electron chi connectivity index (χ3n) is 3.74. The molecule has 0 bridgehead atoms. The summed E-state index contributed by atoms with van der Waals surface area (Å²) in [6.45, 7) is 3.34. The number of benzene rings is 1. The van der Waals surface area contributed by atoms with E-state index in [1.807, 2.05) is 30.3 Å². The molecule has 1 aliphatic heterocycles. The highest BCUT2D eigenvalue weighted by atomic mass is 16.1. The SMILES string of the molecule is O=C(Nc1cccnc1)c1ccc(CN2CCCC2)cc1. The summed E-state index contributed by atoms with van der Waals surface area (Å²) in [4.78, 5) is 18.6. The Balaban J connectivity index is 1.62. The number of pyridine rings is 1. The standard InChI is InChI=1S/C17H19N3O/c21-17(19-16-4-3-9-18-12-16)15-7-5-14(6-8-15)13-20-10-1-2-11-20/h3-9,12H,1-2,10-11,13H2,(H,19,21). The zero-order valence-corrected chi connectivity index (χ0v) is 12.0. The lowest BCUT2D eigenvalue weighted by molar-refractivity contribution is 0.102. The molecule has 1 aromatic carbocycles. The summed E-state index contributed by atoms with van der Waals surface area (Å²) >= 11 is 0. The number of rotatable bonds is 4. The molecule has 1 N–H and O–H groups in total. The highest BCUT2D eigenvalue weighted by Crippen LogP contribution is 2.14. The van der Waals surface area contributed by atoms with E-state index in [1.54, 1.807) is 18.5 Å². The van der Waals surface area contributed by atoms with E-state index in [0.29, 0.717) is 11.3 Å². The van der Waals surface area contributed by atoms with E-state index in [2.05, 4.69) is 15.2 Å². The molecular weight excluding hydrogens is 262 g/mol. The number of likely N-dealkylation sites (tertiary alicyclic amines) is 1. The molecule has 0 radical (unpaired) electrons. The van der Waals surface area contributed by atoms with Gasteiger partial charge in [-0.3, -0.25) is 14.7 Å². The predicted octanol–water partition coefficient (Wildman–Crippen LogP) is 2.93. The van der Waals surface area contributed by atoms with Crippen molar-refractivity contribution in [1.82, 2.24) is 9.88 Å². The number of nitrogens with one attached hydrogen (secondary N) is 1. The van der Waals surface area contributed by atoms with E-state index < -0.39 is 0 Å². The topological polar surface area (TPSA) is 45.2 Å². The van der Waals surface area contributed by atoms with Gasteiger partial charge < -0.3 is 5.32 Å². The molecule has 2 aromatic rings. The first-order chi connectivity index (χ1) is 10.3. The maximum atomic E-state index is 12.1. The Labute approximate surface area is 124 Å². The van der Waals surface area contributed by atoms with Crippen LogP contribution in [-0.4, -0.2) is 28.9 Å². The average molecular weight is 281 g/mol. The Morgan fingerprint density at radius 2 is 1.90 bits per heavy atom. The highest BCUT2D eigenvalue weighted by molar-refractivity contribution is 6.04. The van der Waals surface area contributed by atoms with Crippen LogP contribution in [0.2, 0.25) is 0 Å². The van der Waals surface area contributed by atoms with Gasteiger partial charge in [0.2, 0.25) is 0 Å². The van der Waals surface area contributed by atoms with Crippen molar-refractivity contribution in [3.05, 3.63) is 59.9 Å². The zero-order valence-electron chi connectivity index (χ0n) is 12.0. The number of anilines is 1. The molecule has 1 aromatic heterocycles. The van der Waals surface area contributed by atoms with Crippen LogP contribution in [0.15, 0.2) is 48.8 Å². The van der Waals surface area contributed by atoms with E-state index in [9.17, 15) is 4.79 Å². The van der Waals surface area contributed by atoms with E-state index in [-0.39, 0.29) is 5.91 Å². The van der Waals surface area contributed by atoms with Crippen molar-refractivity contribution in [3.63, 3.8) is 0 Å². The van der Waals surface area contributed by atoms with Crippen LogP contribution in [0.1, 0.15) is 28.8 Å². The average Bonchev–Trinajstić information content (AvgIpc) is 3.02. The Kier molecular flexibility index (Phi) is 4.26. The smallest absolute Gasteiger partial charge is 0.255 e. The van der Waals surface area contributed by atoms with Crippen molar-refractivity contribution < 1.29 is 4.79 Å². The normalized spacial score (nSPS) is 15.0. The number of hydrogen-bond acceptors (Lipinski definition) is 3. The van der Waals surface area contributed by atoms with Crippen molar-refractivity contribution >= 4 is 11.6 Å². The zero-order chi connectivity index (χ0) is 14.5. The molecule has 1 amide bonds. The first-order valence-corrected chi connectivity index (χ1v) is 7.34. The molecule has 21 heavy (non-hydrogen) atoms. The summed E-state index contributed by atoms with van der Waals surface area (Å²) in [7, 11) is 0. The number of carbonyl (C=O) groups is 1. The molecule has 3 rings (SSSR count). The largest absolute Gasteiger partial charge is 0.321 e. The summed E-state index contributed by atoms with van der Waals surface area (Å²) < 4.78 is 0. The van der Waals surface area contributed by atoms with Crippen LogP contribution in [0.25, 0.3) is 0 Å². The van der Waals surface area contributed by atoms with Gasteiger partial charge in [0.15, 0.2) is 0 Å². The van der Waals surface area contributed by atoms with Gasteiger partial charge in [0.1, 0.15) is 0 Å². The molecule has 1 aliphatic rings. The van der Waals surface area contributed by atoms with Crippen LogP contribution in [-0.2, 0) is 6.54 Å². The van der Waals surface area contributed by atoms with E-state index >= 15 is 0 Å². The third kappa shape index (κ3) is 3.67. The first kappa shape index (κ1) is 13.8. The lowest BCUT2D eigenvalue weighted by Gasteiger charge is -2.14. The maximum absolute atomic E-state index is 12.1. The van der Waals surface area contributed by atoms with Crippen LogP contribution >= 0.6 is 0 Å². The van der Waals surface area contributed by atoms with Crippen molar-refractivity contribution in [1.29, 1.82) is 0 Å². The summed E-state index contributed by atoms with van der Waals surface area (Å²) in [5.74, 6) is -0.101. The molecule has 2 heterocycles. The minimum absolute atomic E-state index is 0.101. The summed E-state index contributed by atoms with van der Waals surface area (Å²) in [5.41, 5.74) is 2.64. The molecule has 108 valence electrons. The van der Waals surface area contributed by atoms with Gasteiger partial charge in [0.05, 0.1) is 11.9 Å². The third-order valence-corrected chi connectivity index (χ3v) is 3.74. The van der Waals surface area contributed by atoms with E-state index in [4.69, 9.17) is 0 Å². The number of carbonyl (C=O) groups excluding carboxylic acids is 1. The van der Waals surface area contributed by atoms with Crippen molar-refractivity contribution in [2.24, 2.45) is 0 Å². The van der Waals surface area contributed by atoms with Crippen LogP contribution in [0.4, 0.5) is 5.69 Å². The summed E-state index contributed by atoms with van der Waals surface area (Å²) in [6.07, 6.45) is 5.92. The van der Waals surface area contributed by atoms with Gasteiger partial charge in [0, 0.05) is 18.3 Å². The summed E-state index contributed by atoms with van der Waals surface area (Å²) in [6, 6.07) is 11.5. The predicted molar refractivity (Wildman–Crippen MR) is 83.1 cm³/mol. The number of amides is 1. The summed E-state index contributed by atoms with van der Waals surface area (Å²) in [5, 5.41) is 2.84. The molecule has 0 atom stereocenters. The number of nitrogens with zero attached hydrogens (tertiary/aromatic N) is 2. The second-order valence-electron chi connectivity index (χ2n) is 5.38. The van der Waals surface area contributed by atoms with Crippen LogP contribution in [0.5, 0.6) is 0 Å². The van der Waals surface area contributed by atoms with E-state index in [1.165, 1.54) is 31.5 Å². The second-order valence-corrected chi connectivity index (χ2v) is 5.38. The van der Waals surface area contributed by atoms with Gasteiger partial charge in [-0.15, -0.1) is 0 Å². The molecule has 0 aliphatic carbocycles. The Morgan fingerprint density at radius 1 is 1.14 bits per heavy atom. The molecule has 4 nitrogen and oxygen atoms in total. The fourth-order valence-electron chi connectivity index (χ4n) is 2.60. The van der Waals surface area contributed by atoms with Gasteiger partial charge >= 0.3 is 0 Å². The molecule has 0 saturated carbocycles. The highest BCUT2D eigenvalue weighted by Gasteiger charge is 2.12.